The van der Waals surface area contributed by atoms with E-state index in [2.05, 4.69) is 4.98 Å². The SMILES string of the molecule is CC=C(C(=O)OC)c1ccccc1COc1cccc(Cl)n1. The standard InChI is InChI=1S/C17H16ClNO3/c1-3-13(17(20)21-2)14-8-5-4-7-12(14)11-22-16-10-6-9-15(18)19-16/h3-10H,11H2,1-2H3. The van der Waals surface area contributed by atoms with Gasteiger partial charge in [0.1, 0.15) is 11.8 Å². The van der Waals surface area contributed by atoms with Gasteiger partial charge in [0.05, 0.1) is 12.7 Å². The number of halogens is 1. The molecule has 0 saturated carbocycles. The van der Waals surface area contributed by atoms with Gasteiger partial charge in [0.25, 0.3) is 0 Å². The number of nitrogens with zero attached hydrogens (tertiary/aromatic N) is 1. The van der Waals surface area contributed by atoms with E-state index in [9.17, 15) is 4.79 Å². The first-order valence-electron chi connectivity index (χ1n) is 6.74. The van der Waals surface area contributed by atoms with Crippen molar-refractivity contribution >= 4 is 23.1 Å². The van der Waals surface area contributed by atoms with E-state index in [4.69, 9.17) is 21.1 Å². The van der Waals surface area contributed by atoms with Crippen LogP contribution in [0.4, 0.5) is 0 Å². The van der Waals surface area contributed by atoms with Crippen molar-refractivity contribution in [2.75, 3.05) is 7.11 Å². The quantitative estimate of drug-likeness (QED) is 0.477. The molecular formula is C17H16ClNO3. The molecule has 0 fully saturated rings. The summed E-state index contributed by atoms with van der Waals surface area (Å²) in [7, 11) is 1.36. The highest BCUT2D eigenvalue weighted by atomic mass is 35.5. The number of carbonyl (C=O) groups excluding carboxylic acids is 1. The maximum absolute atomic E-state index is 11.9. The van der Waals surface area contributed by atoms with E-state index < -0.39 is 0 Å². The molecule has 1 aromatic heterocycles. The molecule has 0 aliphatic rings. The molecule has 5 heteroatoms. The van der Waals surface area contributed by atoms with E-state index in [1.165, 1.54) is 7.11 Å². The normalized spacial score (nSPS) is 11.1. The molecule has 22 heavy (non-hydrogen) atoms. The summed E-state index contributed by atoms with van der Waals surface area (Å²) in [6.45, 7) is 2.07. The molecule has 0 aliphatic heterocycles. The molecule has 0 amide bonds. The number of hydrogen-bond donors (Lipinski definition) is 0. The molecule has 0 bridgehead atoms. The molecule has 0 unspecified atom stereocenters. The van der Waals surface area contributed by atoms with Crippen molar-refractivity contribution in [3.05, 3.63) is 64.8 Å². The number of allylic oxidation sites excluding steroid dienone is 1. The fourth-order valence-electron chi connectivity index (χ4n) is 2.02. The van der Waals surface area contributed by atoms with Gasteiger partial charge >= 0.3 is 5.97 Å². The summed E-state index contributed by atoms with van der Waals surface area (Å²) in [6.07, 6.45) is 1.72. The van der Waals surface area contributed by atoms with Gasteiger partial charge in [-0.25, -0.2) is 9.78 Å². The molecule has 114 valence electrons. The third-order valence-electron chi connectivity index (χ3n) is 3.07. The van der Waals surface area contributed by atoms with Gasteiger partial charge < -0.3 is 9.47 Å². The van der Waals surface area contributed by atoms with E-state index in [1.807, 2.05) is 24.3 Å². The molecule has 0 atom stereocenters. The number of pyridine rings is 1. The van der Waals surface area contributed by atoms with Crippen molar-refractivity contribution in [1.82, 2.24) is 4.98 Å². The second-order valence-corrected chi connectivity index (χ2v) is 4.83. The lowest BCUT2D eigenvalue weighted by Crippen LogP contribution is -2.08. The molecule has 0 spiro atoms. The second kappa shape index (κ2) is 7.61. The third-order valence-corrected chi connectivity index (χ3v) is 3.28. The second-order valence-electron chi connectivity index (χ2n) is 4.44. The Bertz CT molecular complexity index is 698. The Labute approximate surface area is 134 Å². The Kier molecular flexibility index (Phi) is 5.55. The van der Waals surface area contributed by atoms with Crippen molar-refractivity contribution in [2.45, 2.75) is 13.5 Å². The highest BCUT2D eigenvalue weighted by molar-refractivity contribution is 6.29. The lowest BCUT2D eigenvalue weighted by molar-refractivity contribution is -0.133. The van der Waals surface area contributed by atoms with Crippen LogP contribution in [0.2, 0.25) is 5.15 Å². The molecule has 2 aromatic rings. The molecule has 1 heterocycles. The Hall–Kier alpha value is -2.33. The van der Waals surface area contributed by atoms with Crippen LogP contribution >= 0.6 is 11.6 Å². The van der Waals surface area contributed by atoms with Gasteiger partial charge in [0.15, 0.2) is 0 Å². The molecule has 0 radical (unpaired) electrons. The summed E-state index contributed by atoms with van der Waals surface area (Å²) in [5, 5.41) is 0.370. The minimum atomic E-state index is -0.379. The molecular weight excluding hydrogens is 302 g/mol. The number of rotatable bonds is 5. The maximum atomic E-state index is 11.9. The van der Waals surface area contributed by atoms with E-state index in [1.54, 1.807) is 31.2 Å². The molecule has 0 saturated heterocycles. The van der Waals surface area contributed by atoms with Gasteiger partial charge in [-0.3, -0.25) is 0 Å². The molecule has 2 rings (SSSR count). The molecule has 4 nitrogen and oxygen atoms in total. The monoisotopic (exact) mass is 317 g/mol. The van der Waals surface area contributed by atoms with Crippen molar-refractivity contribution in [3.8, 4) is 5.88 Å². The van der Waals surface area contributed by atoms with Gasteiger partial charge in [0.2, 0.25) is 5.88 Å². The number of hydrogen-bond acceptors (Lipinski definition) is 4. The lowest BCUT2D eigenvalue weighted by Gasteiger charge is -2.12. The number of esters is 1. The van der Waals surface area contributed by atoms with Crippen molar-refractivity contribution in [2.24, 2.45) is 0 Å². The molecule has 0 N–H and O–H groups in total. The average Bonchev–Trinajstić information content (AvgIpc) is 2.54. The minimum absolute atomic E-state index is 0.276. The van der Waals surface area contributed by atoms with Crippen LogP contribution in [-0.2, 0) is 16.1 Å². The van der Waals surface area contributed by atoms with Crippen LogP contribution in [0.5, 0.6) is 5.88 Å². The Balaban J connectivity index is 2.23. The zero-order chi connectivity index (χ0) is 15.9. The number of benzene rings is 1. The summed E-state index contributed by atoms with van der Waals surface area (Å²) in [5.41, 5.74) is 2.14. The minimum Gasteiger partial charge on any atom is -0.473 e. The van der Waals surface area contributed by atoms with Crippen LogP contribution in [-0.4, -0.2) is 18.1 Å². The fraction of sp³-hybridized carbons (Fsp3) is 0.176. The average molecular weight is 318 g/mol. The van der Waals surface area contributed by atoms with Crippen molar-refractivity contribution in [1.29, 1.82) is 0 Å². The van der Waals surface area contributed by atoms with Crippen LogP contribution in [0.15, 0.2) is 48.5 Å². The smallest absolute Gasteiger partial charge is 0.338 e. The van der Waals surface area contributed by atoms with Crippen LogP contribution in [0.3, 0.4) is 0 Å². The number of ether oxygens (including phenoxy) is 2. The van der Waals surface area contributed by atoms with E-state index in [-0.39, 0.29) is 12.6 Å². The summed E-state index contributed by atoms with van der Waals surface area (Å²) >= 11 is 5.83. The largest absolute Gasteiger partial charge is 0.473 e. The maximum Gasteiger partial charge on any atom is 0.338 e. The third kappa shape index (κ3) is 3.86. The number of carbonyl (C=O) groups is 1. The van der Waals surface area contributed by atoms with Gasteiger partial charge in [-0.1, -0.05) is 48.0 Å². The van der Waals surface area contributed by atoms with E-state index >= 15 is 0 Å². The van der Waals surface area contributed by atoms with Crippen LogP contribution in [0.1, 0.15) is 18.1 Å². The number of methoxy groups -OCH3 is 1. The van der Waals surface area contributed by atoms with E-state index in [0.717, 1.165) is 11.1 Å². The van der Waals surface area contributed by atoms with Gasteiger partial charge in [-0.15, -0.1) is 0 Å². The van der Waals surface area contributed by atoms with Gasteiger partial charge in [-0.05, 0) is 24.1 Å². The fourth-order valence-corrected chi connectivity index (χ4v) is 2.18. The van der Waals surface area contributed by atoms with E-state index in [0.29, 0.717) is 16.6 Å². The zero-order valence-electron chi connectivity index (χ0n) is 12.4. The first-order valence-corrected chi connectivity index (χ1v) is 7.11. The van der Waals surface area contributed by atoms with Gasteiger partial charge in [-0.2, -0.15) is 0 Å². The highest BCUT2D eigenvalue weighted by Crippen LogP contribution is 2.22. The lowest BCUT2D eigenvalue weighted by atomic mass is 10.00. The Morgan fingerprint density at radius 3 is 2.68 bits per heavy atom. The number of aromatic nitrogens is 1. The topological polar surface area (TPSA) is 48.4 Å². The first kappa shape index (κ1) is 16.0. The van der Waals surface area contributed by atoms with Crippen LogP contribution < -0.4 is 4.74 Å². The summed E-state index contributed by atoms with van der Waals surface area (Å²) in [5.74, 6) is 0.0539. The van der Waals surface area contributed by atoms with Crippen molar-refractivity contribution < 1.29 is 14.3 Å². The van der Waals surface area contributed by atoms with Gasteiger partial charge in [0, 0.05) is 6.07 Å². The molecule has 0 aliphatic carbocycles. The first-order chi connectivity index (χ1) is 10.7. The van der Waals surface area contributed by atoms with Crippen molar-refractivity contribution in [3.63, 3.8) is 0 Å². The summed E-state index contributed by atoms with van der Waals surface area (Å²) in [4.78, 5) is 15.9. The Morgan fingerprint density at radius 2 is 2.00 bits per heavy atom. The summed E-state index contributed by atoms with van der Waals surface area (Å²) < 4.78 is 10.5. The predicted molar refractivity (Wildman–Crippen MR) is 85.7 cm³/mol. The zero-order valence-corrected chi connectivity index (χ0v) is 13.1. The predicted octanol–water partition coefficient (Wildman–Crippen LogP) is 3.89. The van der Waals surface area contributed by atoms with Crippen LogP contribution in [0.25, 0.3) is 5.57 Å². The molecule has 1 aromatic carbocycles. The Morgan fingerprint density at radius 1 is 1.23 bits per heavy atom. The summed E-state index contributed by atoms with van der Waals surface area (Å²) in [6, 6.07) is 12.7. The van der Waals surface area contributed by atoms with Crippen LogP contribution in [0, 0.1) is 0 Å². The highest BCUT2D eigenvalue weighted by Gasteiger charge is 2.15.